The van der Waals surface area contributed by atoms with E-state index in [4.69, 9.17) is 0 Å². The van der Waals surface area contributed by atoms with Crippen LogP contribution in [0.3, 0.4) is 0 Å². The predicted octanol–water partition coefficient (Wildman–Crippen LogP) is 2.49. The first kappa shape index (κ1) is 9.15. The minimum atomic E-state index is 0.214. The number of ketones is 1. The molecule has 1 nitrogen and oxygen atoms in total. The molecule has 0 saturated carbocycles. The Hall–Kier alpha value is -0.850. The fraction of sp³-hybridized carbons (Fsp3) is 0.444. The van der Waals surface area contributed by atoms with E-state index in [0.29, 0.717) is 6.42 Å². The lowest BCUT2D eigenvalue weighted by Crippen LogP contribution is -1.90. The maximum absolute atomic E-state index is 10.6. The van der Waals surface area contributed by atoms with Crippen molar-refractivity contribution in [2.45, 2.75) is 27.2 Å². The predicted molar refractivity (Wildman–Crippen MR) is 43.9 cm³/mol. The SMILES string of the molecule is C/C=C\C(=C/C)CC(C)=O. The van der Waals surface area contributed by atoms with Gasteiger partial charge in [-0.3, -0.25) is 4.79 Å². The van der Waals surface area contributed by atoms with Crippen molar-refractivity contribution in [3.05, 3.63) is 23.8 Å². The van der Waals surface area contributed by atoms with Crippen LogP contribution in [0.2, 0.25) is 0 Å². The molecule has 0 aliphatic heterocycles. The molecular weight excluding hydrogens is 124 g/mol. The van der Waals surface area contributed by atoms with Gasteiger partial charge in [0.1, 0.15) is 5.78 Å². The van der Waals surface area contributed by atoms with Gasteiger partial charge in [0.2, 0.25) is 0 Å². The third-order valence-corrected chi connectivity index (χ3v) is 1.20. The number of Topliss-reactive ketones (excluding diaryl/α,β-unsaturated/α-hetero) is 1. The summed E-state index contributed by atoms with van der Waals surface area (Å²) in [4.78, 5) is 10.6. The molecular formula is C9H14O. The summed E-state index contributed by atoms with van der Waals surface area (Å²) >= 11 is 0. The quantitative estimate of drug-likeness (QED) is 0.547. The van der Waals surface area contributed by atoms with Crippen LogP contribution in [0.5, 0.6) is 0 Å². The van der Waals surface area contributed by atoms with Crippen LogP contribution in [0.4, 0.5) is 0 Å². The monoisotopic (exact) mass is 138 g/mol. The molecule has 0 amide bonds. The second kappa shape index (κ2) is 4.98. The van der Waals surface area contributed by atoms with Crippen LogP contribution in [0.25, 0.3) is 0 Å². The third kappa shape index (κ3) is 4.07. The second-order valence-electron chi connectivity index (χ2n) is 2.24. The number of carbonyl (C=O) groups excluding carboxylic acids is 1. The van der Waals surface area contributed by atoms with Crippen molar-refractivity contribution >= 4 is 5.78 Å². The lowest BCUT2D eigenvalue weighted by Gasteiger charge is -1.94. The summed E-state index contributed by atoms with van der Waals surface area (Å²) in [6.45, 7) is 5.49. The molecule has 0 atom stereocenters. The number of hydrogen-bond donors (Lipinski definition) is 0. The molecule has 0 fully saturated rings. The number of hydrogen-bond acceptors (Lipinski definition) is 1. The van der Waals surface area contributed by atoms with E-state index in [2.05, 4.69) is 0 Å². The van der Waals surface area contributed by atoms with Gasteiger partial charge in [0.25, 0.3) is 0 Å². The molecule has 0 bridgehead atoms. The molecule has 0 radical (unpaired) electrons. The molecule has 0 heterocycles. The highest BCUT2D eigenvalue weighted by Gasteiger charge is 1.94. The first-order valence-corrected chi connectivity index (χ1v) is 3.48. The summed E-state index contributed by atoms with van der Waals surface area (Å²) in [7, 11) is 0. The van der Waals surface area contributed by atoms with E-state index in [1.807, 2.05) is 32.1 Å². The van der Waals surface area contributed by atoms with Crippen LogP contribution in [0.1, 0.15) is 27.2 Å². The lowest BCUT2D eigenvalue weighted by molar-refractivity contribution is -0.116. The molecule has 0 unspecified atom stereocenters. The van der Waals surface area contributed by atoms with Crippen molar-refractivity contribution < 1.29 is 4.79 Å². The van der Waals surface area contributed by atoms with Crippen molar-refractivity contribution in [1.82, 2.24) is 0 Å². The molecule has 0 aromatic rings. The molecule has 0 aliphatic carbocycles. The van der Waals surface area contributed by atoms with Crippen molar-refractivity contribution in [2.24, 2.45) is 0 Å². The van der Waals surface area contributed by atoms with Crippen molar-refractivity contribution in [3.63, 3.8) is 0 Å². The summed E-state index contributed by atoms with van der Waals surface area (Å²) in [5.41, 5.74) is 1.09. The Balaban J connectivity index is 3.98. The van der Waals surface area contributed by atoms with Gasteiger partial charge in [-0.1, -0.05) is 18.2 Å². The average molecular weight is 138 g/mol. The number of carbonyl (C=O) groups is 1. The summed E-state index contributed by atoms with van der Waals surface area (Å²) in [6.07, 6.45) is 6.42. The van der Waals surface area contributed by atoms with Crippen LogP contribution in [0.15, 0.2) is 23.8 Å². The topological polar surface area (TPSA) is 17.1 Å². The maximum atomic E-state index is 10.6. The van der Waals surface area contributed by atoms with Gasteiger partial charge >= 0.3 is 0 Å². The Bertz CT molecular complexity index is 164. The fourth-order valence-corrected chi connectivity index (χ4v) is 0.759. The molecule has 0 spiro atoms. The van der Waals surface area contributed by atoms with E-state index in [1.54, 1.807) is 6.92 Å². The van der Waals surface area contributed by atoms with E-state index in [1.165, 1.54) is 0 Å². The van der Waals surface area contributed by atoms with Crippen LogP contribution in [0, 0.1) is 0 Å². The van der Waals surface area contributed by atoms with Gasteiger partial charge in [-0.15, -0.1) is 0 Å². The first-order chi connectivity index (χ1) is 4.70. The van der Waals surface area contributed by atoms with Crippen LogP contribution >= 0.6 is 0 Å². The smallest absolute Gasteiger partial charge is 0.134 e. The Morgan fingerprint density at radius 1 is 1.40 bits per heavy atom. The van der Waals surface area contributed by atoms with Gasteiger partial charge < -0.3 is 0 Å². The molecule has 0 aromatic heterocycles. The van der Waals surface area contributed by atoms with Gasteiger partial charge in [-0.2, -0.15) is 0 Å². The van der Waals surface area contributed by atoms with E-state index >= 15 is 0 Å². The molecule has 0 aliphatic rings. The van der Waals surface area contributed by atoms with E-state index < -0.39 is 0 Å². The minimum Gasteiger partial charge on any atom is -0.300 e. The van der Waals surface area contributed by atoms with Gasteiger partial charge in [0, 0.05) is 6.42 Å². The summed E-state index contributed by atoms with van der Waals surface area (Å²) in [6, 6.07) is 0. The molecule has 0 aromatic carbocycles. The zero-order chi connectivity index (χ0) is 7.98. The van der Waals surface area contributed by atoms with Crippen molar-refractivity contribution in [1.29, 1.82) is 0 Å². The summed E-state index contributed by atoms with van der Waals surface area (Å²) in [5.74, 6) is 0.214. The average Bonchev–Trinajstić information content (AvgIpc) is 1.86. The highest BCUT2D eigenvalue weighted by Crippen LogP contribution is 2.02. The summed E-state index contributed by atoms with van der Waals surface area (Å²) in [5, 5.41) is 0. The number of allylic oxidation sites excluding steroid dienone is 4. The van der Waals surface area contributed by atoms with Crippen LogP contribution in [-0.4, -0.2) is 5.78 Å². The van der Waals surface area contributed by atoms with Gasteiger partial charge in [0.05, 0.1) is 0 Å². The highest BCUT2D eigenvalue weighted by atomic mass is 16.1. The van der Waals surface area contributed by atoms with Crippen molar-refractivity contribution in [2.75, 3.05) is 0 Å². The largest absolute Gasteiger partial charge is 0.300 e. The molecule has 0 saturated heterocycles. The van der Waals surface area contributed by atoms with Gasteiger partial charge in [-0.25, -0.2) is 0 Å². The third-order valence-electron chi connectivity index (χ3n) is 1.20. The van der Waals surface area contributed by atoms with E-state index in [0.717, 1.165) is 5.57 Å². The van der Waals surface area contributed by atoms with E-state index in [9.17, 15) is 4.79 Å². The Kier molecular flexibility index (Phi) is 4.55. The lowest BCUT2D eigenvalue weighted by atomic mass is 10.1. The fourth-order valence-electron chi connectivity index (χ4n) is 0.759. The Morgan fingerprint density at radius 3 is 2.30 bits per heavy atom. The van der Waals surface area contributed by atoms with Crippen LogP contribution in [-0.2, 0) is 4.79 Å². The zero-order valence-electron chi connectivity index (χ0n) is 6.85. The number of rotatable bonds is 3. The molecule has 1 heteroatoms. The molecule has 10 heavy (non-hydrogen) atoms. The standard InChI is InChI=1S/C9H14O/c1-4-6-9(5-2)7-8(3)10/h4-6H,7H2,1-3H3/b6-4-,9-5+. The van der Waals surface area contributed by atoms with Gasteiger partial charge in [0.15, 0.2) is 0 Å². The van der Waals surface area contributed by atoms with E-state index in [-0.39, 0.29) is 5.78 Å². The maximum Gasteiger partial charge on any atom is 0.134 e. The Morgan fingerprint density at radius 2 is 2.00 bits per heavy atom. The highest BCUT2D eigenvalue weighted by molar-refractivity contribution is 5.78. The molecule has 56 valence electrons. The summed E-state index contributed by atoms with van der Waals surface area (Å²) < 4.78 is 0. The van der Waals surface area contributed by atoms with Crippen LogP contribution < -0.4 is 0 Å². The normalized spacial score (nSPS) is 12.5. The Labute approximate surface area is 62.4 Å². The first-order valence-electron chi connectivity index (χ1n) is 3.48. The van der Waals surface area contributed by atoms with Gasteiger partial charge in [-0.05, 0) is 26.3 Å². The second-order valence-corrected chi connectivity index (χ2v) is 2.24. The van der Waals surface area contributed by atoms with Crippen molar-refractivity contribution in [3.8, 4) is 0 Å². The molecule has 0 rings (SSSR count). The minimum absolute atomic E-state index is 0.214. The molecule has 0 N–H and O–H groups in total. The zero-order valence-corrected chi connectivity index (χ0v) is 6.85.